The summed E-state index contributed by atoms with van der Waals surface area (Å²) in [4.78, 5) is 47.5. The van der Waals surface area contributed by atoms with Gasteiger partial charge in [0.1, 0.15) is 0 Å². The zero-order valence-electron chi connectivity index (χ0n) is 13.4. The van der Waals surface area contributed by atoms with Crippen LogP contribution in [0.2, 0.25) is 0 Å². The lowest BCUT2D eigenvalue weighted by atomic mass is 9.65. The molecule has 2 atom stereocenters. The van der Waals surface area contributed by atoms with Crippen molar-refractivity contribution < 1.29 is 39.6 Å². The van der Waals surface area contributed by atoms with Crippen LogP contribution in [0.25, 0.3) is 0 Å². The highest BCUT2D eigenvalue weighted by molar-refractivity contribution is 6.23. The molecule has 0 rings (SSSR count). The number of carboxylic acid groups (broad SMARTS) is 2. The number of carbonyl (C=O) groups excluding carboxylic acids is 2. The van der Waals surface area contributed by atoms with Crippen molar-refractivity contribution in [2.75, 3.05) is 0 Å². The zero-order chi connectivity index (χ0) is 18.3. The van der Waals surface area contributed by atoms with Gasteiger partial charge < -0.3 is 20.4 Å². The Bertz CT molecular complexity index is 474. The van der Waals surface area contributed by atoms with Crippen LogP contribution in [0, 0.1) is 10.8 Å². The van der Waals surface area contributed by atoms with Gasteiger partial charge in [-0.2, -0.15) is 0 Å². The fourth-order valence-electron chi connectivity index (χ4n) is 1.92. The second-order valence-corrected chi connectivity index (χ2v) is 7.19. The standard InChI is InChI=1S/C14H22O8/c1-11(2,3)7(15)13(21,9(17)18)14(22,10(19)20)8(16)12(4,5)6/h21-22H,1-6H3,(H,17,18)(H,19,20)/t13-,14-/m1/s1. The largest absolute Gasteiger partial charge is 0.479 e. The van der Waals surface area contributed by atoms with Gasteiger partial charge in [0.15, 0.2) is 11.6 Å². The SMILES string of the molecule is CC(C)(C)C(=O)[C@@](O)(C(=O)O)[C@](O)(C(=O)O)C(=O)C(C)(C)C. The highest BCUT2D eigenvalue weighted by Crippen LogP contribution is 2.37. The lowest BCUT2D eigenvalue weighted by molar-refractivity contribution is -0.212. The third-order valence-corrected chi connectivity index (χ3v) is 3.16. The van der Waals surface area contributed by atoms with Crippen LogP contribution >= 0.6 is 0 Å². The molecule has 0 saturated carbocycles. The molecule has 4 N–H and O–H groups in total. The number of carbonyl (C=O) groups is 4. The molecule has 0 aliphatic rings. The molecule has 126 valence electrons. The number of hydrogen-bond acceptors (Lipinski definition) is 6. The van der Waals surface area contributed by atoms with Gasteiger partial charge in [-0.3, -0.25) is 9.59 Å². The molecular weight excluding hydrogens is 296 g/mol. The van der Waals surface area contributed by atoms with Crippen LogP contribution in [0.5, 0.6) is 0 Å². The highest BCUT2D eigenvalue weighted by Gasteiger charge is 2.72. The predicted molar refractivity (Wildman–Crippen MR) is 74.1 cm³/mol. The van der Waals surface area contributed by atoms with Crippen LogP contribution in [0.15, 0.2) is 0 Å². The molecule has 0 bridgehead atoms. The van der Waals surface area contributed by atoms with E-state index in [-0.39, 0.29) is 0 Å². The van der Waals surface area contributed by atoms with Crippen molar-refractivity contribution in [2.24, 2.45) is 10.8 Å². The van der Waals surface area contributed by atoms with Gasteiger partial charge in [0, 0.05) is 10.8 Å². The molecule has 0 aromatic carbocycles. The Morgan fingerprint density at radius 1 is 0.591 bits per heavy atom. The number of aliphatic hydroxyl groups is 2. The van der Waals surface area contributed by atoms with Crippen molar-refractivity contribution in [3.63, 3.8) is 0 Å². The summed E-state index contributed by atoms with van der Waals surface area (Å²) in [5.74, 6) is -7.60. The first-order valence-corrected chi connectivity index (χ1v) is 6.46. The van der Waals surface area contributed by atoms with Gasteiger partial charge in [-0.1, -0.05) is 41.5 Å². The summed E-state index contributed by atoms with van der Waals surface area (Å²) < 4.78 is 0. The third kappa shape index (κ3) is 2.89. The van der Waals surface area contributed by atoms with Crippen molar-refractivity contribution in [2.45, 2.75) is 52.7 Å². The van der Waals surface area contributed by atoms with E-state index in [9.17, 15) is 39.6 Å². The van der Waals surface area contributed by atoms with Crippen LogP contribution in [0.3, 0.4) is 0 Å². The Morgan fingerprint density at radius 3 is 0.864 bits per heavy atom. The van der Waals surface area contributed by atoms with Crippen molar-refractivity contribution in [3.05, 3.63) is 0 Å². The van der Waals surface area contributed by atoms with E-state index in [1.54, 1.807) is 0 Å². The molecule has 0 spiro atoms. The number of rotatable bonds is 5. The van der Waals surface area contributed by atoms with Crippen molar-refractivity contribution in [3.8, 4) is 0 Å². The van der Waals surface area contributed by atoms with Crippen molar-refractivity contribution in [1.82, 2.24) is 0 Å². The molecule has 0 unspecified atom stereocenters. The van der Waals surface area contributed by atoms with Crippen LogP contribution in [0.4, 0.5) is 0 Å². The molecule has 0 aromatic rings. The minimum Gasteiger partial charge on any atom is -0.479 e. The quantitative estimate of drug-likeness (QED) is 0.511. The molecule has 0 saturated heterocycles. The lowest BCUT2D eigenvalue weighted by Crippen LogP contribution is -2.74. The van der Waals surface area contributed by atoms with Gasteiger partial charge in [0.05, 0.1) is 0 Å². The molecule has 0 radical (unpaired) electrons. The summed E-state index contributed by atoms with van der Waals surface area (Å²) in [6, 6.07) is 0. The maximum Gasteiger partial charge on any atom is 0.347 e. The Balaban J connectivity index is 6.67. The van der Waals surface area contributed by atoms with Gasteiger partial charge in [0.2, 0.25) is 0 Å². The van der Waals surface area contributed by atoms with Gasteiger partial charge in [0.25, 0.3) is 11.2 Å². The van der Waals surface area contributed by atoms with E-state index in [2.05, 4.69) is 0 Å². The van der Waals surface area contributed by atoms with Crippen LogP contribution in [0.1, 0.15) is 41.5 Å². The molecular formula is C14H22O8. The smallest absolute Gasteiger partial charge is 0.347 e. The Morgan fingerprint density at radius 2 is 0.773 bits per heavy atom. The van der Waals surface area contributed by atoms with Gasteiger partial charge in [-0.25, -0.2) is 9.59 Å². The average Bonchev–Trinajstić information content (AvgIpc) is 2.31. The number of Topliss-reactive ketones (excluding diaryl/α,β-unsaturated/α-hetero) is 2. The minimum atomic E-state index is -3.82. The predicted octanol–water partition coefficient (Wildman–Crippen LogP) is -0.152. The van der Waals surface area contributed by atoms with Crippen LogP contribution < -0.4 is 0 Å². The first-order chi connectivity index (χ1) is 9.45. The van der Waals surface area contributed by atoms with E-state index in [0.29, 0.717) is 0 Å². The molecule has 0 aliphatic heterocycles. The van der Waals surface area contributed by atoms with Gasteiger partial charge in [-0.15, -0.1) is 0 Å². The number of carboxylic acids is 2. The first-order valence-electron chi connectivity index (χ1n) is 6.46. The van der Waals surface area contributed by atoms with Crippen LogP contribution in [-0.2, 0) is 19.2 Å². The highest BCUT2D eigenvalue weighted by atomic mass is 16.5. The third-order valence-electron chi connectivity index (χ3n) is 3.16. The summed E-state index contributed by atoms with van der Waals surface area (Å²) in [7, 11) is 0. The second kappa shape index (κ2) is 5.44. The first kappa shape index (κ1) is 20.2. The maximum atomic E-state index is 12.3. The van der Waals surface area contributed by atoms with Gasteiger partial charge in [-0.05, 0) is 0 Å². The number of ketones is 2. The normalized spacial score (nSPS) is 18.0. The fourth-order valence-corrected chi connectivity index (χ4v) is 1.92. The van der Waals surface area contributed by atoms with E-state index in [1.807, 2.05) is 0 Å². The van der Waals surface area contributed by atoms with E-state index in [4.69, 9.17) is 0 Å². The number of hydrogen-bond donors (Lipinski definition) is 4. The molecule has 0 aromatic heterocycles. The van der Waals surface area contributed by atoms with Crippen LogP contribution in [-0.4, -0.2) is 55.1 Å². The Hall–Kier alpha value is -1.80. The van der Waals surface area contributed by atoms with E-state index in [0.717, 1.165) is 0 Å². The molecule has 8 heteroatoms. The molecule has 8 nitrogen and oxygen atoms in total. The summed E-state index contributed by atoms with van der Waals surface area (Å²) in [5, 5.41) is 39.1. The average molecular weight is 318 g/mol. The Kier molecular flexibility index (Phi) is 4.99. The van der Waals surface area contributed by atoms with Crippen molar-refractivity contribution in [1.29, 1.82) is 0 Å². The zero-order valence-corrected chi connectivity index (χ0v) is 13.4. The number of aliphatic carboxylic acids is 2. The minimum absolute atomic E-state index is 1.23. The van der Waals surface area contributed by atoms with E-state index < -0.39 is 45.5 Å². The maximum absolute atomic E-state index is 12.3. The topological polar surface area (TPSA) is 149 Å². The molecule has 0 aliphatic carbocycles. The monoisotopic (exact) mass is 318 g/mol. The summed E-state index contributed by atoms with van der Waals surface area (Å²) in [5.41, 5.74) is -10.7. The fraction of sp³-hybridized carbons (Fsp3) is 0.714. The Labute approximate surface area is 127 Å². The van der Waals surface area contributed by atoms with E-state index in [1.165, 1.54) is 41.5 Å². The molecule has 0 amide bonds. The van der Waals surface area contributed by atoms with Gasteiger partial charge >= 0.3 is 11.9 Å². The second-order valence-electron chi connectivity index (χ2n) is 7.19. The summed E-state index contributed by atoms with van der Waals surface area (Å²) >= 11 is 0. The molecule has 0 fully saturated rings. The summed E-state index contributed by atoms with van der Waals surface area (Å²) in [6.45, 7) is 7.38. The van der Waals surface area contributed by atoms with Crippen molar-refractivity contribution >= 4 is 23.5 Å². The molecule has 0 heterocycles. The van der Waals surface area contributed by atoms with E-state index >= 15 is 0 Å². The lowest BCUT2D eigenvalue weighted by Gasteiger charge is -2.40. The summed E-state index contributed by atoms with van der Waals surface area (Å²) in [6.07, 6.45) is 0. The molecule has 22 heavy (non-hydrogen) atoms.